The number of fused-ring (bicyclic) bond motifs is 1. The van der Waals surface area contributed by atoms with Gasteiger partial charge in [-0.3, -0.25) is 14.6 Å². The maximum absolute atomic E-state index is 13.9. The molecule has 4 heterocycles. The van der Waals surface area contributed by atoms with Crippen molar-refractivity contribution >= 4 is 40.9 Å². The number of amides is 4. The van der Waals surface area contributed by atoms with Crippen LogP contribution in [0.15, 0.2) is 76.4 Å². The van der Waals surface area contributed by atoms with Gasteiger partial charge >= 0.3 is 12.2 Å². The largest absolute Gasteiger partial charge is 0.453 e. The second-order valence-electron chi connectivity index (χ2n) is 17.5. The molecule has 318 valence electrons. The van der Waals surface area contributed by atoms with Crippen molar-refractivity contribution in [2.24, 2.45) is 16.3 Å². The molecule has 4 aliphatic heterocycles. The van der Waals surface area contributed by atoms with Crippen molar-refractivity contribution in [1.29, 1.82) is 0 Å². The lowest BCUT2D eigenvalue weighted by Crippen LogP contribution is -2.55. The lowest BCUT2D eigenvalue weighted by atomic mass is 9.93. The van der Waals surface area contributed by atoms with Crippen LogP contribution in [-0.4, -0.2) is 117 Å². The van der Waals surface area contributed by atoms with Crippen LogP contribution in [0.3, 0.4) is 0 Å². The van der Waals surface area contributed by atoms with Crippen molar-refractivity contribution in [3.05, 3.63) is 82.6 Å². The summed E-state index contributed by atoms with van der Waals surface area (Å²) in [6.07, 6.45) is 6.45. The average Bonchev–Trinajstić information content (AvgIpc) is 3.89. The zero-order chi connectivity index (χ0) is 42.3. The molecule has 2 aromatic rings. The van der Waals surface area contributed by atoms with Gasteiger partial charge in [-0.05, 0) is 107 Å². The Morgan fingerprint density at radius 3 is 1.97 bits per heavy atom. The highest BCUT2D eigenvalue weighted by Gasteiger charge is 2.55. The highest BCUT2D eigenvalue weighted by Crippen LogP contribution is 2.56. The fourth-order valence-electron chi connectivity index (χ4n) is 9.83. The minimum atomic E-state index is -0.860. The molecule has 2 aliphatic carbocycles. The number of alkyl carbamates (subject to hydrolysis) is 2. The molecule has 0 radical (unpaired) electrons. The number of likely N-dealkylation sites (tertiary alicyclic amines) is 2. The van der Waals surface area contributed by atoms with Gasteiger partial charge in [0.15, 0.2) is 0 Å². The fourth-order valence-corrected chi connectivity index (χ4v) is 9.83. The van der Waals surface area contributed by atoms with E-state index in [4.69, 9.17) is 23.9 Å². The summed E-state index contributed by atoms with van der Waals surface area (Å²) in [7, 11) is 4.13. The van der Waals surface area contributed by atoms with Crippen LogP contribution in [0, 0.1) is 11.3 Å². The molecule has 0 aromatic heterocycles. The van der Waals surface area contributed by atoms with E-state index in [2.05, 4.69) is 59.2 Å². The van der Waals surface area contributed by atoms with Crippen molar-refractivity contribution in [3.8, 4) is 11.1 Å². The summed E-state index contributed by atoms with van der Waals surface area (Å²) >= 11 is 0. The predicted molar refractivity (Wildman–Crippen MR) is 228 cm³/mol. The molecule has 4 fully saturated rings. The minimum absolute atomic E-state index is 0.0702. The number of carbonyl (C=O) groups excluding carboxylic acids is 4. The van der Waals surface area contributed by atoms with Crippen LogP contribution in [0.5, 0.6) is 0 Å². The number of allylic oxidation sites excluding steroid dienone is 2. The number of hydrogen-bond acceptors (Lipinski definition) is 9. The van der Waals surface area contributed by atoms with Gasteiger partial charge in [0.2, 0.25) is 11.8 Å². The van der Waals surface area contributed by atoms with Gasteiger partial charge in [-0.15, -0.1) is 0 Å². The smallest absolute Gasteiger partial charge is 0.407 e. The van der Waals surface area contributed by atoms with E-state index in [1.807, 2.05) is 29.8 Å². The summed E-state index contributed by atoms with van der Waals surface area (Å²) in [4.78, 5) is 60.9. The molecule has 0 bridgehead atoms. The third kappa shape index (κ3) is 8.01. The third-order valence-corrected chi connectivity index (χ3v) is 13.6. The molecule has 2 N–H and O–H groups in total. The van der Waals surface area contributed by atoms with E-state index in [-0.39, 0.29) is 35.2 Å². The Balaban J connectivity index is 0.921. The first-order valence-electron chi connectivity index (χ1n) is 21.3. The molecule has 13 nitrogen and oxygen atoms in total. The van der Waals surface area contributed by atoms with Crippen LogP contribution < -0.4 is 10.6 Å². The second-order valence-corrected chi connectivity index (χ2v) is 17.5. The van der Waals surface area contributed by atoms with E-state index in [0.29, 0.717) is 32.7 Å². The van der Waals surface area contributed by atoms with Crippen molar-refractivity contribution in [1.82, 2.24) is 20.4 Å². The molecule has 3 saturated heterocycles. The molecular formula is C47H57N5O8. The van der Waals surface area contributed by atoms with E-state index in [0.717, 1.165) is 72.1 Å². The maximum atomic E-state index is 13.9. The van der Waals surface area contributed by atoms with Crippen molar-refractivity contribution in [2.75, 3.05) is 47.6 Å². The Kier molecular flexibility index (Phi) is 11.8. The highest BCUT2D eigenvalue weighted by molar-refractivity contribution is 6.04. The van der Waals surface area contributed by atoms with Crippen molar-refractivity contribution in [3.63, 3.8) is 0 Å². The van der Waals surface area contributed by atoms with Gasteiger partial charge in [0, 0.05) is 38.5 Å². The number of carbonyl (C=O) groups is 4. The van der Waals surface area contributed by atoms with Crippen LogP contribution in [0.25, 0.3) is 22.3 Å². The first-order chi connectivity index (χ1) is 28.9. The first kappa shape index (κ1) is 41.5. The third-order valence-electron chi connectivity index (χ3n) is 13.6. The zero-order valence-corrected chi connectivity index (χ0v) is 35.5. The highest BCUT2D eigenvalue weighted by atomic mass is 16.5. The average molecular weight is 820 g/mol. The Bertz CT molecular complexity index is 2150. The summed E-state index contributed by atoms with van der Waals surface area (Å²) in [5.41, 5.74) is 11.7. The lowest BCUT2D eigenvalue weighted by molar-refractivity contribution is -0.137. The number of nitrogens with zero attached hydrogens (tertiary/aromatic N) is 3. The van der Waals surface area contributed by atoms with Crippen LogP contribution in [0.2, 0.25) is 0 Å². The molecule has 8 rings (SSSR count). The first-order valence-corrected chi connectivity index (χ1v) is 21.3. The second kappa shape index (κ2) is 17.0. The number of hydrogen-bond donors (Lipinski definition) is 2. The predicted octanol–water partition coefficient (Wildman–Crippen LogP) is 6.54. The minimum Gasteiger partial charge on any atom is -0.453 e. The molecule has 0 unspecified atom stereocenters. The van der Waals surface area contributed by atoms with Crippen LogP contribution in [-0.2, 0) is 28.5 Å². The number of rotatable bonds is 12. The Labute approximate surface area is 352 Å². The number of aliphatic imine (C=N–C) groups is 1. The molecule has 13 heteroatoms. The van der Waals surface area contributed by atoms with Gasteiger partial charge in [-0.2, -0.15) is 0 Å². The van der Waals surface area contributed by atoms with Gasteiger partial charge < -0.3 is 39.4 Å². The topological polar surface area (TPSA) is 148 Å². The Morgan fingerprint density at radius 2 is 1.35 bits per heavy atom. The van der Waals surface area contributed by atoms with E-state index < -0.39 is 30.4 Å². The SMILES string of the molecule is COC(=O)N[C@H](C(=O)N1CC2(CC2)C[C@H]1C1=NC=C(c2ccc(-c3ccc(C4=C5COCC5=C([C@@H]5CCCN5C(=O)[C@@H](NC(=O)OC)[C@@H](C)OC)C4)cc3)cc2)C1)C(C)C. The van der Waals surface area contributed by atoms with Crippen LogP contribution >= 0.6 is 0 Å². The van der Waals surface area contributed by atoms with E-state index >= 15 is 0 Å². The van der Waals surface area contributed by atoms with Gasteiger partial charge in [-0.1, -0.05) is 62.4 Å². The standard InChI is InChI=1S/C47H57N5O8/c1-27(2)41(49-45(55)58-5)43(53)52-26-47(17-18-47)22-40(52)38-20-33(23-48-38)31-11-9-29(10-12-31)30-13-15-32(16-14-30)34-21-35(37-25-60-24-36(34)37)39-8-7-19-51(39)44(54)42(28(3)57-4)50-46(56)59-6/h9-16,23,27-28,39-42H,7-8,17-22,24-26H2,1-6H3,(H,49,55)(H,50,56)/t28-,39+,40+,41+,42+/m1/s1. The molecular weight excluding hydrogens is 763 g/mol. The fraction of sp³-hybridized carbons (Fsp3) is 0.511. The van der Waals surface area contributed by atoms with Crippen molar-refractivity contribution in [2.45, 2.75) is 96.0 Å². The lowest BCUT2D eigenvalue weighted by Gasteiger charge is -2.32. The molecule has 4 amide bonds. The van der Waals surface area contributed by atoms with Gasteiger partial charge in [0.25, 0.3) is 0 Å². The molecule has 6 aliphatic rings. The normalized spacial score (nSPS) is 23.1. The number of nitrogens with one attached hydrogen (secondary N) is 2. The van der Waals surface area contributed by atoms with Gasteiger partial charge in [0.05, 0.1) is 45.6 Å². The molecule has 1 saturated carbocycles. The van der Waals surface area contributed by atoms with Gasteiger partial charge in [-0.25, -0.2) is 9.59 Å². The summed E-state index contributed by atoms with van der Waals surface area (Å²) in [5.74, 6) is -0.325. The molecule has 5 atom stereocenters. The Hall–Kier alpha value is -5.27. The van der Waals surface area contributed by atoms with Crippen LogP contribution in [0.4, 0.5) is 9.59 Å². The monoisotopic (exact) mass is 819 g/mol. The quantitative estimate of drug-likeness (QED) is 0.246. The maximum Gasteiger partial charge on any atom is 0.407 e. The number of benzene rings is 2. The van der Waals surface area contributed by atoms with E-state index in [9.17, 15) is 19.2 Å². The molecule has 1 spiro atoms. The number of methoxy groups -OCH3 is 3. The molecule has 60 heavy (non-hydrogen) atoms. The van der Waals surface area contributed by atoms with E-state index in [1.54, 1.807) is 6.92 Å². The van der Waals surface area contributed by atoms with E-state index in [1.165, 1.54) is 43.6 Å². The molecule has 2 aromatic carbocycles. The van der Waals surface area contributed by atoms with Gasteiger partial charge in [0.1, 0.15) is 12.1 Å². The summed E-state index contributed by atoms with van der Waals surface area (Å²) in [6, 6.07) is 15.6. The summed E-state index contributed by atoms with van der Waals surface area (Å²) in [6.45, 7) is 8.04. The van der Waals surface area contributed by atoms with Crippen LogP contribution in [0.1, 0.15) is 76.8 Å². The Morgan fingerprint density at radius 1 is 0.750 bits per heavy atom. The zero-order valence-electron chi connectivity index (χ0n) is 35.5. The summed E-state index contributed by atoms with van der Waals surface area (Å²) < 4.78 is 21.1. The number of ether oxygens (including phenoxy) is 4. The van der Waals surface area contributed by atoms with Crippen molar-refractivity contribution < 1.29 is 38.1 Å². The summed E-state index contributed by atoms with van der Waals surface area (Å²) in [5, 5.41) is 5.46.